The largest absolute Gasteiger partial charge is 0.346 e. The number of pyridine rings is 1. The molecule has 3 rings (SSSR count). The Morgan fingerprint density at radius 3 is 2.18 bits per heavy atom. The minimum absolute atomic E-state index is 0.0538. The molecule has 0 fully saturated rings. The van der Waals surface area contributed by atoms with Gasteiger partial charge in [-0.3, -0.25) is 14.5 Å². The Bertz CT molecular complexity index is 1050. The van der Waals surface area contributed by atoms with Gasteiger partial charge in [0, 0.05) is 23.6 Å². The van der Waals surface area contributed by atoms with E-state index in [-0.39, 0.29) is 16.8 Å². The maximum Gasteiger partial charge on any atom is 0.261 e. The number of carbonyl (C=O) groups is 1. The van der Waals surface area contributed by atoms with Crippen molar-refractivity contribution in [2.75, 3.05) is 4.72 Å². The molecule has 0 aliphatic rings. The number of hydrogen-bond acceptors (Lipinski definition) is 4. The summed E-state index contributed by atoms with van der Waals surface area (Å²) in [6, 6.07) is 14.0. The van der Waals surface area contributed by atoms with Gasteiger partial charge in [-0.1, -0.05) is 0 Å². The van der Waals surface area contributed by atoms with Crippen LogP contribution in [0.4, 0.5) is 10.1 Å². The van der Waals surface area contributed by atoms with E-state index in [2.05, 4.69) is 15.0 Å². The van der Waals surface area contributed by atoms with Gasteiger partial charge in [-0.15, -0.1) is 0 Å². The summed E-state index contributed by atoms with van der Waals surface area (Å²) in [6.45, 7) is 1.86. The molecular weight excluding hydrogens is 381 g/mol. The first-order valence-corrected chi connectivity index (χ1v) is 9.93. The van der Waals surface area contributed by atoms with Crippen LogP contribution in [-0.4, -0.2) is 19.3 Å². The van der Waals surface area contributed by atoms with Gasteiger partial charge in [0.2, 0.25) is 0 Å². The zero-order chi connectivity index (χ0) is 20.1. The summed E-state index contributed by atoms with van der Waals surface area (Å²) in [7, 11) is -3.84. The smallest absolute Gasteiger partial charge is 0.261 e. The molecule has 6 nitrogen and oxygen atoms in total. The van der Waals surface area contributed by atoms with Gasteiger partial charge < -0.3 is 5.32 Å². The predicted molar refractivity (Wildman–Crippen MR) is 104 cm³/mol. The molecule has 0 saturated heterocycles. The number of benzene rings is 2. The Labute approximate surface area is 162 Å². The monoisotopic (exact) mass is 399 g/mol. The number of rotatable bonds is 6. The second-order valence-corrected chi connectivity index (χ2v) is 7.79. The minimum atomic E-state index is -3.84. The van der Waals surface area contributed by atoms with Gasteiger partial charge in [0.05, 0.1) is 10.9 Å². The molecule has 1 amide bonds. The Morgan fingerprint density at radius 1 is 0.964 bits per heavy atom. The number of sulfonamides is 1. The van der Waals surface area contributed by atoms with Crippen molar-refractivity contribution in [1.82, 2.24) is 10.3 Å². The molecule has 0 aliphatic heterocycles. The van der Waals surface area contributed by atoms with E-state index >= 15 is 0 Å². The number of aromatic nitrogens is 1. The van der Waals surface area contributed by atoms with Crippen LogP contribution in [0.3, 0.4) is 0 Å². The average molecular weight is 399 g/mol. The van der Waals surface area contributed by atoms with Crippen molar-refractivity contribution in [3.63, 3.8) is 0 Å². The molecule has 0 spiro atoms. The highest BCUT2D eigenvalue weighted by Crippen LogP contribution is 2.18. The second-order valence-electron chi connectivity index (χ2n) is 6.11. The van der Waals surface area contributed by atoms with Crippen LogP contribution < -0.4 is 10.0 Å². The summed E-state index contributed by atoms with van der Waals surface area (Å²) in [4.78, 5) is 16.3. The summed E-state index contributed by atoms with van der Waals surface area (Å²) >= 11 is 0. The van der Waals surface area contributed by atoms with Crippen molar-refractivity contribution in [3.05, 3.63) is 90.0 Å². The van der Waals surface area contributed by atoms with E-state index in [0.717, 1.165) is 17.7 Å². The first kappa shape index (κ1) is 19.5. The zero-order valence-electron chi connectivity index (χ0n) is 15.0. The molecule has 0 bridgehead atoms. The van der Waals surface area contributed by atoms with Gasteiger partial charge in [-0.25, -0.2) is 12.8 Å². The van der Waals surface area contributed by atoms with Crippen molar-refractivity contribution in [2.45, 2.75) is 17.9 Å². The molecule has 2 N–H and O–H groups in total. The van der Waals surface area contributed by atoms with E-state index in [1.54, 1.807) is 12.4 Å². The van der Waals surface area contributed by atoms with Crippen LogP contribution in [0.15, 0.2) is 78.0 Å². The number of anilines is 1. The third-order valence-electron chi connectivity index (χ3n) is 4.08. The van der Waals surface area contributed by atoms with Crippen molar-refractivity contribution in [3.8, 4) is 0 Å². The lowest BCUT2D eigenvalue weighted by atomic mass is 10.1. The SMILES string of the molecule is CC(NC(=O)c1ccc(NS(=O)(=O)c2ccc(F)cc2)cc1)c1ccncc1. The first-order chi connectivity index (χ1) is 13.3. The summed E-state index contributed by atoms with van der Waals surface area (Å²) in [5, 5.41) is 2.87. The quantitative estimate of drug-likeness (QED) is 0.664. The molecule has 1 heterocycles. The van der Waals surface area contributed by atoms with E-state index in [9.17, 15) is 17.6 Å². The Kier molecular flexibility index (Phi) is 5.70. The lowest BCUT2D eigenvalue weighted by Gasteiger charge is -2.14. The van der Waals surface area contributed by atoms with Crippen LogP contribution in [-0.2, 0) is 10.0 Å². The maximum absolute atomic E-state index is 13.0. The fourth-order valence-corrected chi connectivity index (χ4v) is 3.59. The van der Waals surface area contributed by atoms with Crippen molar-refractivity contribution < 1.29 is 17.6 Å². The Balaban J connectivity index is 1.67. The lowest BCUT2D eigenvalue weighted by Crippen LogP contribution is -2.26. The molecule has 0 saturated carbocycles. The Hall–Kier alpha value is -3.26. The van der Waals surface area contributed by atoms with Crippen molar-refractivity contribution in [1.29, 1.82) is 0 Å². The Morgan fingerprint density at radius 2 is 1.57 bits per heavy atom. The summed E-state index contributed by atoms with van der Waals surface area (Å²) in [6.07, 6.45) is 3.31. The number of amides is 1. The highest BCUT2D eigenvalue weighted by Gasteiger charge is 2.15. The van der Waals surface area contributed by atoms with Crippen LogP contribution in [0, 0.1) is 5.82 Å². The van der Waals surface area contributed by atoms with E-state index in [1.165, 1.54) is 36.4 Å². The third-order valence-corrected chi connectivity index (χ3v) is 5.47. The molecule has 2 aromatic carbocycles. The molecular formula is C20H18FN3O3S. The van der Waals surface area contributed by atoms with Crippen LogP contribution >= 0.6 is 0 Å². The lowest BCUT2D eigenvalue weighted by molar-refractivity contribution is 0.0940. The summed E-state index contributed by atoms with van der Waals surface area (Å²) in [5.41, 5.74) is 1.61. The number of hydrogen-bond donors (Lipinski definition) is 2. The van der Waals surface area contributed by atoms with Gasteiger partial charge in [0.15, 0.2) is 0 Å². The molecule has 3 aromatic rings. The molecule has 144 valence electrons. The van der Waals surface area contributed by atoms with Gasteiger partial charge in [0.1, 0.15) is 5.82 Å². The van der Waals surface area contributed by atoms with Gasteiger partial charge in [-0.05, 0) is 73.2 Å². The molecule has 8 heteroatoms. The van der Waals surface area contributed by atoms with E-state index in [0.29, 0.717) is 11.3 Å². The fraction of sp³-hybridized carbons (Fsp3) is 0.100. The molecule has 0 aliphatic carbocycles. The van der Waals surface area contributed by atoms with E-state index in [1.807, 2.05) is 19.1 Å². The number of carbonyl (C=O) groups excluding carboxylic acids is 1. The van der Waals surface area contributed by atoms with Gasteiger partial charge >= 0.3 is 0 Å². The highest BCUT2D eigenvalue weighted by molar-refractivity contribution is 7.92. The highest BCUT2D eigenvalue weighted by atomic mass is 32.2. The molecule has 1 atom stereocenters. The standard InChI is InChI=1S/C20H18FN3O3S/c1-14(15-10-12-22-13-11-15)23-20(25)16-2-6-18(7-3-16)24-28(26,27)19-8-4-17(21)5-9-19/h2-14,24H,1H3,(H,23,25). The van der Waals surface area contributed by atoms with Crippen LogP contribution in [0.25, 0.3) is 0 Å². The summed E-state index contributed by atoms with van der Waals surface area (Å²) in [5.74, 6) is -0.799. The number of nitrogens with zero attached hydrogens (tertiary/aromatic N) is 1. The molecule has 1 aromatic heterocycles. The van der Waals surface area contributed by atoms with Crippen molar-refractivity contribution in [2.24, 2.45) is 0 Å². The molecule has 1 unspecified atom stereocenters. The second kappa shape index (κ2) is 8.18. The average Bonchev–Trinajstić information content (AvgIpc) is 2.69. The van der Waals surface area contributed by atoms with Crippen LogP contribution in [0.2, 0.25) is 0 Å². The first-order valence-electron chi connectivity index (χ1n) is 8.44. The van der Waals surface area contributed by atoms with E-state index in [4.69, 9.17) is 0 Å². The summed E-state index contributed by atoms with van der Waals surface area (Å²) < 4.78 is 40.0. The predicted octanol–water partition coefficient (Wildman–Crippen LogP) is 3.51. The van der Waals surface area contributed by atoms with Crippen LogP contribution in [0.5, 0.6) is 0 Å². The van der Waals surface area contributed by atoms with Crippen LogP contribution in [0.1, 0.15) is 28.9 Å². The zero-order valence-corrected chi connectivity index (χ0v) is 15.8. The van der Waals surface area contributed by atoms with Crippen molar-refractivity contribution >= 4 is 21.6 Å². The maximum atomic E-state index is 13.0. The normalized spacial score (nSPS) is 12.2. The fourth-order valence-electron chi connectivity index (χ4n) is 2.53. The third kappa shape index (κ3) is 4.72. The van der Waals surface area contributed by atoms with E-state index < -0.39 is 15.8 Å². The number of nitrogens with one attached hydrogen (secondary N) is 2. The number of halogens is 1. The van der Waals surface area contributed by atoms with Gasteiger partial charge in [0.25, 0.3) is 15.9 Å². The molecule has 28 heavy (non-hydrogen) atoms. The van der Waals surface area contributed by atoms with Gasteiger partial charge in [-0.2, -0.15) is 0 Å². The molecule has 0 radical (unpaired) electrons. The minimum Gasteiger partial charge on any atom is -0.346 e. The topological polar surface area (TPSA) is 88.2 Å².